The summed E-state index contributed by atoms with van der Waals surface area (Å²) in [5.41, 5.74) is 1.91. The predicted molar refractivity (Wildman–Crippen MR) is 80.4 cm³/mol. The van der Waals surface area contributed by atoms with E-state index >= 15 is 0 Å². The largest absolute Gasteiger partial charge is 0.356 e. The van der Waals surface area contributed by atoms with Gasteiger partial charge in [0.1, 0.15) is 5.82 Å². The second kappa shape index (κ2) is 5.95. The van der Waals surface area contributed by atoms with Gasteiger partial charge in [-0.3, -0.25) is 9.89 Å². The van der Waals surface area contributed by atoms with Gasteiger partial charge in [-0.15, -0.1) is 0 Å². The summed E-state index contributed by atoms with van der Waals surface area (Å²) in [6, 6.07) is 3.62. The number of aromatic nitrogens is 3. The Morgan fingerprint density at radius 1 is 1.43 bits per heavy atom. The van der Waals surface area contributed by atoms with E-state index in [1.165, 1.54) is 5.56 Å². The highest BCUT2D eigenvalue weighted by molar-refractivity contribution is 5.98. The van der Waals surface area contributed by atoms with Gasteiger partial charge >= 0.3 is 0 Å². The summed E-state index contributed by atoms with van der Waals surface area (Å²) in [7, 11) is 1.64. The number of rotatable bonds is 3. The Hall–Kier alpha value is -2.37. The second-order valence-electron chi connectivity index (χ2n) is 5.25. The van der Waals surface area contributed by atoms with Gasteiger partial charge in [0.25, 0.3) is 5.91 Å². The van der Waals surface area contributed by atoms with Crippen molar-refractivity contribution in [1.29, 1.82) is 0 Å². The van der Waals surface area contributed by atoms with Crippen molar-refractivity contribution in [3.8, 4) is 0 Å². The molecule has 2 N–H and O–H groups in total. The molecule has 21 heavy (non-hydrogen) atoms. The minimum Gasteiger partial charge on any atom is -0.356 e. The first kappa shape index (κ1) is 13.6. The van der Waals surface area contributed by atoms with Crippen LogP contribution in [0, 0.1) is 0 Å². The zero-order chi connectivity index (χ0) is 14.7. The number of pyridine rings is 1. The molecule has 110 valence electrons. The Bertz CT molecular complexity index is 602. The van der Waals surface area contributed by atoms with Crippen LogP contribution in [0.5, 0.6) is 0 Å². The van der Waals surface area contributed by atoms with Crippen LogP contribution in [0.4, 0.5) is 5.82 Å². The van der Waals surface area contributed by atoms with Crippen molar-refractivity contribution in [3.63, 3.8) is 0 Å². The van der Waals surface area contributed by atoms with E-state index in [0.717, 1.165) is 31.7 Å². The summed E-state index contributed by atoms with van der Waals surface area (Å²) in [5, 5.41) is 9.57. The first-order valence-corrected chi connectivity index (χ1v) is 7.20. The highest BCUT2D eigenvalue weighted by atomic mass is 16.1. The maximum Gasteiger partial charge on any atom is 0.254 e. The molecule has 0 aliphatic carbocycles. The molecule has 6 heteroatoms. The van der Waals surface area contributed by atoms with Crippen LogP contribution in [-0.4, -0.2) is 41.2 Å². The van der Waals surface area contributed by atoms with Crippen molar-refractivity contribution in [3.05, 3.63) is 41.9 Å². The maximum atomic E-state index is 11.9. The first-order chi connectivity index (χ1) is 10.3. The van der Waals surface area contributed by atoms with Crippen molar-refractivity contribution in [1.82, 2.24) is 20.5 Å². The van der Waals surface area contributed by atoms with Crippen LogP contribution in [0.25, 0.3) is 0 Å². The molecule has 0 bridgehead atoms. The summed E-state index contributed by atoms with van der Waals surface area (Å²) in [6.07, 6.45) is 7.70. The second-order valence-corrected chi connectivity index (χ2v) is 5.25. The minimum absolute atomic E-state index is 0.0879. The summed E-state index contributed by atoms with van der Waals surface area (Å²) in [5.74, 6) is 1.23. The van der Waals surface area contributed by atoms with Crippen molar-refractivity contribution < 1.29 is 4.79 Å². The SMILES string of the molecule is CNC(=O)c1cccnc1N1CCC(c2cn[nH]c2)CC1. The van der Waals surface area contributed by atoms with Gasteiger partial charge in [-0.1, -0.05) is 0 Å². The van der Waals surface area contributed by atoms with Gasteiger partial charge < -0.3 is 10.2 Å². The average Bonchev–Trinajstić information content (AvgIpc) is 3.09. The van der Waals surface area contributed by atoms with E-state index in [1.54, 1.807) is 19.3 Å². The van der Waals surface area contributed by atoms with Gasteiger partial charge in [-0.2, -0.15) is 5.10 Å². The summed E-state index contributed by atoms with van der Waals surface area (Å²) in [6.45, 7) is 1.80. The molecule has 0 aromatic carbocycles. The number of carbonyl (C=O) groups excluding carboxylic acids is 1. The third-order valence-electron chi connectivity index (χ3n) is 4.04. The normalized spacial score (nSPS) is 16.0. The fourth-order valence-electron chi connectivity index (χ4n) is 2.87. The number of nitrogens with zero attached hydrogens (tertiary/aromatic N) is 3. The van der Waals surface area contributed by atoms with Crippen LogP contribution >= 0.6 is 0 Å². The van der Waals surface area contributed by atoms with Gasteiger partial charge in [-0.25, -0.2) is 4.98 Å². The van der Waals surface area contributed by atoms with E-state index < -0.39 is 0 Å². The molecule has 1 aliphatic heterocycles. The molecule has 1 aliphatic rings. The smallest absolute Gasteiger partial charge is 0.254 e. The number of anilines is 1. The van der Waals surface area contributed by atoms with Crippen LogP contribution in [0.1, 0.15) is 34.7 Å². The molecular weight excluding hydrogens is 266 g/mol. The van der Waals surface area contributed by atoms with Gasteiger partial charge in [0.05, 0.1) is 11.8 Å². The van der Waals surface area contributed by atoms with E-state index in [-0.39, 0.29) is 5.91 Å². The lowest BCUT2D eigenvalue weighted by atomic mass is 9.91. The molecule has 2 aromatic rings. The number of H-pyrrole nitrogens is 1. The Kier molecular flexibility index (Phi) is 3.85. The molecule has 3 rings (SSSR count). The van der Waals surface area contributed by atoms with Crippen LogP contribution in [-0.2, 0) is 0 Å². The quantitative estimate of drug-likeness (QED) is 0.897. The van der Waals surface area contributed by atoms with Gasteiger partial charge in [-0.05, 0) is 36.5 Å². The number of hydrogen-bond acceptors (Lipinski definition) is 4. The molecule has 0 radical (unpaired) electrons. The van der Waals surface area contributed by atoms with Crippen molar-refractivity contribution >= 4 is 11.7 Å². The molecule has 0 saturated carbocycles. The number of hydrogen-bond donors (Lipinski definition) is 2. The number of amides is 1. The van der Waals surface area contributed by atoms with Crippen molar-refractivity contribution in [2.75, 3.05) is 25.0 Å². The van der Waals surface area contributed by atoms with Crippen LogP contribution in [0.15, 0.2) is 30.7 Å². The Labute approximate surface area is 123 Å². The lowest BCUT2D eigenvalue weighted by Crippen LogP contribution is -2.35. The van der Waals surface area contributed by atoms with E-state index in [4.69, 9.17) is 0 Å². The van der Waals surface area contributed by atoms with E-state index in [9.17, 15) is 4.79 Å². The Balaban J connectivity index is 1.74. The van der Waals surface area contributed by atoms with E-state index in [1.807, 2.05) is 18.5 Å². The third kappa shape index (κ3) is 2.74. The molecule has 2 aromatic heterocycles. The molecule has 0 unspecified atom stereocenters. The minimum atomic E-state index is -0.0879. The lowest BCUT2D eigenvalue weighted by molar-refractivity contribution is 0.0963. The Morgan fingerprint density at radius 3 is 2.90 bits per heavy atom. The third-order valence-corrected chi connectivity index (χ3v) is 4.04. The number of carbonyl (C=O) groups is 1. The monoisotopic (exact) mass is 285 g/mol. The Morgan fingerprint density at radius 2 is 2.24 bits per heavy atom. The summed E-state index contributed by atoms with van der Waals surface area (Å²) >= 11 is 0. The standard InChI is InChI=1S/C15H19N5O/c1-16-15(21)13-3-2-6-17-14(13)20-7-4-11(5-8-20)12-9-18-19-10-12/h2-3,6,9-11H,4-5,7-8H2,1H3,(H,16,21)(H,18,19). The fourth-order valence-corrected chi connectivity index (χ4v) is 2.87. The van der Waals surface area contributed by atoms with Gasteiger partial charge in [0, 0.05) is 32.5 Å². The molecule has 1 saturated heterocycles. The topological polar surface area (TPSA) is 73.9 Å². The van der Waals surface area contributed by atoms with E-state index in [0.29, 0.717) is 11.5 Å². The zero-order valence-corrected chi connectivity index (χ0v) is 12.0. The van der Waals surface area contributed by atoms with Gasteiger partial charge in [0.2, 0.25) is 0 Å². The molecule has 0 spiro atoms. The highest BCUT2D eigenvalue weighted by Crippen LogP contribution is 2.30. The number of nitrogens with one attached hydrogen (secondary N) is 2. The van der Waals surface area contributed by atoms with Crippen LogP contribution in [0.2, 0.25) is 0 Å². The number of aromatic amines is 1. The fraction of sp³-hybridized carbons (Fsp3) is 0.400. The molecule has 6 nitrogen and oxygen atoms in total. The van der Waals surface area contributed by atoms with Crippen LogP contribution in [0.3, 0.4) is 0 Å². The molecular formula is C15H19N5O. The van der Waals surface area contributed by atoms with Crippen molar-refractivity contribution in [2.24, 2.45) is 0 Å². The molecule has 0 atom stereocenters. The number of piperidine rings is 1. The average molecular weight is 285 g/mol. The van der Waals surface area contributed by atoms with Crippen molar-refractivity contribution in [2.45, 2.75) is 18.8 Å². The summed E-state index contributed by atoms with van der Waals surface area (Å²) < 4.78 is 0. The highest BCUT2D eigenvalue weighted by Gasteiger charge is 2.24. The molecule has 1 amide bonds. The summed E-state index contributed by atoms with van der Waals surface area (Å²) in [4.78, 5) is 18.5. The van der Waals surface area contributed by atoms with E-state index in [2.05, 4.69) is 25.4 Å². The molecule has 3 heterocycles. The predicted octanol–water partition coefficient (Wildman–Crippen LogP) is 1.55. The first-order valence-electron chi connectivity index (χ1n) is 7.20. The molecule has 1 fully saturated rings. The van der Waals surface area contributed by atoms with Gasteiger partial charge in [0.15, 0.2) is 0 Å². The maximum absolute atomic E-state index is 11.9. The lowest BCUT2D eigenvalue weighted by Gasteiger charge is -2.33. The van der Waals surface area contributed by atoms with Crippen LogP contribution < -0.4 is 10.2 Å². The zero-order valence-electron chi connectivity index (χ0n) is 12.0.